The number of aromatic nitrogens is 2. The van der Waals surface area contributed by atoms with E-state index in [-0.39, 0.29) is 10.6 Å². The minimum Gasteiger partial charge on any atom is -0.272 e. The summed E-state index contributed by atoms with van der Waals surface area (Å²) in [7, 11) is 0. The smallest absolute Gasteiger partial charge is 0.265 e. The maximum Gasteiger partial charge on any atom is 0.265 e. The molecule has 2 unspecified atom stereocenters. The van der Waals surface area contributed by atoms with E-state index < -0.39 is 6.43 Å². The number of nitrogens with one attached hydrogen (secondary N) is 2. The van der Waals surface area contributed by atoms with Gasteiger partial charge in [0, 0.05) is 41.0 Å². The molecule has 2 atom stereocenters. The molecular formula is C17H21ClF2N4. The van der Waals surface area contributed by atoms with E-state index >= 15 is 0 Å². The summed E-state index contributed by atoms with van der Waals surface area (Å²) in [6.45, 7) is 5.11. The molecule has 0 bridgehead atoms. The van der Waals surface area contributed by atoms with Gasteiger partial charge in [-0.2, -0.15) is 5.10 Å². The summed E-state index contributed by atoms with van der Waals surface area (Å²) in [6, 6.07) is 5.52. The molecule has 4 nitrogen and oxygen atoms in total. The number of nitrogens with zero attached hydrogens (tertiary/aromatic N) is 2. The maximum absolute atomic E-state index is 13.0. The van der Waals surface area contributed by atoms with Gasteiger partial charge < -0.3 is 0 Å². The largest absolute Gasteiger partial charge is 0.272 e. The molecule has 130 valence electrons. The normalized spacial score (nSPS) is 24.0. The third-order valence-electron chi connectivity index (χ3n) is 4.71. The fourth-order valence-electron chi connectivity index (χ4n) is 3.22. The molecule has 0 aliphatic carbocycles. The lowest BCUT2D eigenvalue weighted by Crippen LogP contribution is -2.30. The molecule has 7 heteroatoms. The molecule has 3 rings (SSSR count). The highest BCUT2D eigenvalue weighted by Crippen LogP contribution is 2.31. The van der Waals surface area contributed by atoms with Gasteiger partial charge in [-0.3, -0.25) is 15.5 Å². The highest BCUT2D eigenvalue weighted by Gasteiger charge is 2.29. The highest BCUT2D eigenvalue weighted by molar-refractivity contribution is 6.31. The zero-order valence-electron chi connectivity index (χ0n) is 13.6. The molecule has 0 amide bonds. The molecule has 1 saturated heterocycles. The second kappa shape index (κ2) is 7.17. The lowest BCUT2D eigenvalue weighted by atomic mass is 9.93. The summed E-state index contributed by atoms with van der Waals surface area (Å²) in [5.41, 5.74) is 7.86. The van der Waals surface area contributed by atoms with Crippen LogP contribution in [-0.2, 0) is 6.54 Å². The molecule has 2 aromatic rings. The van der Waals surface area contributed by atoms with Crippen LogP contribution in [0, 0.1) is 5.92 Å². The van der Waals surface area contributed by atoms with Crippen molar-refractivity contribution < 1.29 is 8.78 Å². The van der Waals surface area contributed by atoms with E-state index in [1.54, 1.807) is 12.3 Å². The zero-order chi connectivity index (χ0) is 17.3. The van der Waals surface area contributed by atoms with Crippen molar-refractivity contribution in [2.24, 2.45) is 5.92 Å². The molecule has 0 radical (unpaired) electrons. The molecule has 1 aliphatic heterocycles. The number of halogens is 3. The quantitative estimate of drug-likeness (QED) is 0.851. The van der Waals surface area contributed by atoms with Crippen molar-refractivity contribution in [1.29, 1.82) is 0 Å². The summed E-state index contributed by atoms with van der Waals surface area (Å²) in [4.78, 5) is 0. The fourth-order valence-corrected chi connectivity index (χ4v) is 3.42. The van der Waals surface area contributed by atoms with E-state index in [9.17, 15) is 8.78 Å². The van der Waals surface area contributed by atoms with Crippen LogP contribution in [0.25, 0.3) is 11.1 Å². The first-order chi connectivity index (χ1) is 11.5. The number of hydrazine groups is 1. The molecule has 2 heterocycles. The van der Waals surface area contributed by atoms with Crippen LogP contribution in [0.5, 0.6) is 0 Å². The van der Waals surface area contributed by atoms with Gasteiger partial charge in [0.05, 0.1) is 6.20 Å². The van der Waals surface area contributed by atoms with Crippen molar-refractivity contribution in [1.82, 2.24) is 20.6 Å². The van der Waals surface area contributed by atoms with Crippen molar-refractivity contribution in [3.05, 3.63) is 41.2 Å². The molecule has 1 aromatic carbocycles. The minimum atomic E-state index is -2.59. The number of hydrogen-bond donors (Lipinski definition) is 2. The van der Waals surface area contributed by atoms with Crippen molar-refractivity contribution in [3.63, 3.8) is 0 Å². The number of hydrogen-bond acceptors (Lipinski definition) is 3. The third-order valence-corrected chi connectivity index (χ3v) is 5.06. The van der Waals surface area contributed by atoms with Gasteiger partial charge in [0.25, 0.3) is 6.43 Å². The van der Waals surface area contributed by atoms with Gasteiger partial charge in [0.2, 0.25) is 0 Å². The lowest BCUT2D eigenvalue weighted by molar-refractivity contribution is 0.151. The van der Waals surface area contributed by atoms with Crippen LogP contribution in [-0.4, -0.2) is 21.9 Å². The van der Waals surface area contributed by atoms with E-state index in [2.05, 4.69) is 29.8 Å². The minimum absolute atomic E-state index is 0.0883. The Balaban J connectivity index is 1.70. The molecular weight excluding hydrogens is 334 g/mol. The van der Waals surface area contributed by atoms with Crippen LogP contribution >= 0.6 is 11.6 Å². The predicted octanol–water partition coefficient (Wildman–Crippen LogP) is 4.03. The van der Waals surface area contributed by atoms with Gasteiger partial charge in [-0.1, -0.05) is 17.7 Å². The molecule has 24 heavy (non-hydrogen) atoms. The number of aryl methyl sites for hydroxylation is 1. The van der Waals surface area contributed by atoms with Crippen molar-refractivity contribution in [2.75, 3.05) is 0 Å². The van der Waals surface area contributed by atoms with Gasteiger partial charge in [0.15, 0.2) is 0 Å². The Morgan fingerprint density at radius 2 is 1.92 bits per heavy atom. The lowest BCUT2D eigenvalue weighted by Gasteiger charge is -2.17. The SMILES string of the molecule is CC1NNC(C)C1CCn1cc(-c2ccc(Cl)c(C(F)F)c2)cn1. The first-order valence-electron chi connectivity index (χ1n) is 8.07. The van der Waals surface area contributed by atoms with Gasteiger partial charge in [-0.15, -0.1) is 0 Å². The summed E-state index contributed by atoms with van der Waals surface area (Å²) >= 11 is 5.82. The van der Waals surface area contributed by atoms with Crippen LogP contribution in [0.1, 0.15) is 32.3 Å². The van der Waals surface area contributed by atoms with Crippen LogP contribution in [0.2, 0.25) is 5.02 Å². The molecule has 1 aromatic heterocycles. The Kier molecular flexibility index (Phi) is 5.18. The second-order valence-corrected chi connectivity index (χ2v) is 6.75. The molecule has 2 N–H and O–H groups in total. The predicted molar refractivity (Wildman–Crippen MR) is 90.9 cm³/mol. The monoisotopic (exact) mass is 354 g/mol. The van der Waals surface area contributed by atoms with Crippen LogP contribution in [0.3, 0.4) is 0 Å². The Labute approximate surface area is 145 Å². The Hall–Kier alpha value is -1.50. The first kappa shape index (κ1) is 17.3. The van der Waals surface area contributed by atoms with Crippen LogP contribution in [0.4, 0.5) is 8.78 Å². The van der Waals surface area contributed by atoms with Crippen LogP contribution in [0.15, 0.2) is 30.6 Å². The van der Waals surface area contributed by atoms with E-state index in [1.807, 2.05) is 10.9 Å². The third kappa shape index (κ3) is 3.61. The van der Waals surface area contributed by atoms with E-state index in [4.69, 9.17) is 11.6 Å². The van der Waals surface area contributed by atoms with Gasteiger partial charge in [0.1, 0.15) is 0 Å². The summed E-state index contributed by atoms with van der Waals surface area (Å²) in [5.74, 6) is 0.526. The number of rotatable bonds is 5. The van der Waals surface area contributed by atoms with Crippen LogP contribution < -0.4 is 10.9 Å². The highest BCUT2D eigenvalue weighted by atomic mass is 35.5. The topological polar surface area (TPSA) is 41.9 Å². The number of alkyl halides is 2. The zero-order valence-corrected chi connectivity index (χ0v) is 14.4. The Bertz CT molecular complexity index is 694. The van der Waals surface area contributed by atoms with Crippen molar-refractivity contribution >= 4 is 11.6 Å². The van der Waals surface area contributed by atoms with E-state index in [0.717, 1.165) is 18.5 Å². The maximum atomic E-state index is 13.0. The second-order valence-electron chi connectivity index (χ2n) is 6.35. The molecule has 1 fully saturated rings. The van der Waals surface area contributed by atoms with Crippen molar-refractivity contribution in [3.8, 4) is 11.1 Å². The van der Waals surface area contributed by atoms with Gasteiger partial charge >= 0.3 is 0 Å². The van der Waals surface area contributed by atoms with Crippen molar-refractivity contribution in [2.45, 2.75) is 45.3 Å². The van der Waals surface area contributed by atoms with E-state index in [1.165, 1.54) is 12.1 Å². The molecule has 1 aliphatic rings. The average molecular weight is 355 g/mol. The summed E-state index contributed by atoms with van der Waals surface area (Å²) in [5, 5.41) is 4.44. The first-order valence-corrected chi connectivity index (χ1v) is 8.45. The summed E-state index contributed by atoms with van der Waals surface area (Å²) < 4.78 is 27.8. The van der Waals surface area contributed by atoms with Gasteiger partial charge in [-0.25, -0.2) is 8.78 Å². The summed E-state index contributed by atoms with van der Waals surface area (Å²) in [6.07, 6.45) is 2.00. The fraction of sp³-hybridized carbons (Fsp3) is 0.471. The molecule has 0 spiro atoms. The molecule has 0 saturated carbocycles. The van der Waals surface area contributed by atoms with E-state index in [0.29, 0.717) is 23.6 Å². The average Bonchev–Trinajstić information content (AvgIpc) is 3.13. The number of benzene rings is 1. The standard InChI is InChI=1S/C17H21ClF2N4/c1-10-14(11(2)23-22-10)5-6-24-9-13(8-21-24)12-3-4-16(18)15(7-12)17(19)20/h3-4,7-11,14,17,22-23H,5-6H2,1-2H3. The Morgan fingerprint density at radius 3 is 2.58 bits per heavy atom. The Morgan fingerprint density at radius 1 is 1.21 bits per heavy atom. The van der Waals surface area contributed by atoms with Gasteiger partial charge in [-0.05, 0) is 43.9 Å².